The van der Waals surface area contributed by atoms with Gasteiger partial charge in [-0.2, -0.15) is 5.10 Å². The Hall–Kier alpha value is -3.63. The van der Waals surface area contributed by atoms with Crippen LogP contribution in [0.4, 0.5) is 16.6 Å². The van der Waals surface area contributed by atoms with Gasteiger partial charge in [0.25, 0.3) is 0 Å². The molecule has 0 spiro atoms. The smallest absolute Gasteiger partial charge is 0.410 e. The molecule has 3 aromatic heterocycles. The van der Waals surface area contributed by atoms with Gasteiger partial charge >= 0.3 is 6.09 Å². The number of piperazine rings is 1. The molecule has 4 heterocycles. The summed E-state index contributed by atoms with van der Waals surface area (Å²) in [5.41, 5.74) is 4.21. The minimum atomic E-state index is -0.490. The van der Waals surface area contributed by atoms with Crippen molar-refractivity contribution >= 4 is 40.5 Å². The molecule has 1 saturated heterocycles. The molecule has 1 aliphatic heterocycles. The maximum Gasteiger partial charge on any atom is 0.410 e. The second-order valence-corrected chi connectivity index (χ2v) is 12.5. The van der Waals surface area contributed by atoms with Crippen LogP contribution in [0, 0.1) is 5.92 Å². The van der Waals surface area contributed by atoms with Crippen LogP contribution < -0.4 is 5.32 Å². The number of nitrogens with zero attached hydrogens (tertiary/aromatic N) is 6. The highest BCUT2D eigenvalue weighted by atomic mass is 35.5. The number of imidazole rings is 1. The van der Waals surface area contributed by atoms with Crippen molar-refractivity contribution in [2.45, 2.75) is 58.7 Å². The molecule has 6 rings (SSSR count). The minimum Gasteiger partial charge on any atom is -0.444 e. The summed E-state index contributed by atoms with van der Waals surface area (Å²) in [5, 5.41) is 8.49. The molecule has 1 aliphatic carbocycles. The lowest BCUT2D eigenvalue weighted by atomic mass is 10.1. The van der Waals surface area contributed by atoms with Gasteiger partial charge in [0.15, 0.2) is 0 Å². The molecule has 1 saturated carbocycles. The number of hydrogen-bond donors (Lipinski definition) is 2. The second kappa shape index (κ2) is 11.0. The van der Waals surface area contributed by atoms with Gasteiger partial charge in [-0.25, -0.2) is 14.8 Å². The molecular weight excluding hydrogens is 540 g/mol. The maximum atomic E-state index is 12.4. The van der Waals surface area contributed by atoms with E-state index in [1.165, 1.54) is 12.8 Å². The van der Waals surface area contributed by atoms with E-state index in [-0.39, 0.29) is 12.1 Å². The third-order valence-electron chi connectivity index (χ3n) is 7.68. The number of H-pyrrole nitrogens is 1. The number of aromatic nitrogens is 5. The van der Waals surface area contributed by atoms with Gasteiger partial charge in [-0.05, 0) is 76.3 Å². The van der Waals surface area contributed by atoms with E-state index in [9.17, 15) is 4.79 Å². The first-order chi connectivity index (χ1) is 19.6. The quantitative estimate of drug-likeness (QED) is 0.268. The minimum absolute atomic E-state index is 0.164. The van der Waals surface area contributed by atoms with Gasteiger partial charge in [-0.3, -0.25) is 9.58 Å². The highest BCUT2D eigenvalue weighted by molar-refractivity contribution is 6.34. The summed E-state index contributed by atoms with van der Waals surface area (Å²) in [6, 6.07) is 8.15. The molecule has 1 aromatic carbocycles. The predicted molar refractivity (Wildman–Crippen MR) is 160 cm³/mol. The second-order valence-electron chi connectivity index (χ2n) is 12.1. The van der Waals surface area contributed by atoms with Gasteiger partial charge < -0.3 is 19.9 Å². The van der Waals surface area contributed by atoms with E-state index in [0.29, 0.717) is 29.9 Å². The number of pyridine rings is 1. The van der Waals surface area contributed by atoms with Gasteiger partial charge in [0.2, 0.25) is 5.95 Å². The third kappa shape index (κ3) is 6.49. The van der Waals surface area contributed by atoms with E-state index >= 15 is 0 Å². The fraction of sp³-hybridized carbons (Fsp3) is 0.467. The first-order valence-electron chi connectivity index (χ1n) is 14.3. The number of fused-ring (bicyclic) bond motifs is 1. The topological polar surface area (TPSA) is 104 Å². The lowest BCUT2D eigenvalue weighted by Crippen LogP contribution is -2.50. The SMILES string of the molecule is CC(c1ccnc(Nc2nc3cc(-c4cnn(CC5CC5)c4)c(Cl)cc3[nH]2)c1)N1CCN(C(=O)OC(C)(C)C)CC1. The maximum absolute atomic E-state index is 12.4. The normalized spacial score (nSPS) is 17.1. The van der Waals surface area contributed by atoms with Gasteiger partial charge in [0, 0.05) is 62.3 Å². The summed E-state index contributed by atoms with van der Waals surface area (Å²) in [4.78, 5) is 29.2. The summed E-state index contributed by atoms with van der Waals surface area (Å²) in [7, 11) is 0. The van der Waals surface area contributed by atoms with E-state index in [4.69, 9.17) is 21.3 Å². The molecule has 2 N–H and O–H groups in total. The van der Waals surface area contributed by atoms with Crippen molar-refractivity contribution in [3.63, 3.8) is 0 Å². The van der Waals surface area contributed by atoms with Gasteiger partial charge in [0.05, 0.1) is 22.3 Å². The molecule has 4 aromatic rings. The number of rotatable bonds is 7. The molecule has 2 aliphatic rings. The molecule has 0 bridgehead atoms. The molecule has 216 valence electrons. The summed E-state index contributed by atoms with van der Waals surface area (Å²) >= 11 is 6.67. The van der Waals surface area contributed by atoms with Crippen LogP contribution in [-0.2, 0) is 11.3 Å². The Balaban J connectivity index is 1.12. The third-order valence-corrected chi connectivity index (χ3v) is 8.00. The van der Waals surface area contributed by atoms with Crippen LogP contribution in [0.2, 0.25) is 5.02 Å². The number of hydrogen-bond acceptors (Lipinski definition) is 7. The zero-order valence-electron chi connectivity index (χ0n) is 24.0. The average Bonchev–Trinajstić information content (AvgIpc) is 3.48. The number of benzene rings is 1. The lowest BCUT2D eigenvalue weighted by molar-refractivity contribution is 0.0110. The highest BCUT2D eigenvalue weighted by Crippen LogP contribution is 2.34. The number of carbonyl (C=O) groups excluding carboxylic acids is 1. The summed E-state index contributed by atoms with van der Waals surface area (Å²) in [5.74, 6) is 2.06. The van der Waals surface area contributed by atoms with E-state index in [2.05, 4.69) is 38.4 Å². The number of anilines is 2. The van der Waals surface area contributed by atoms with Crippen molar-refractivity contribution in [2.75, 3.05) is 31.5 Å². The Labute approximate surface area is 245 Å². The van der Waals surface area contributed by atoms with Crippen LogP contribution in [0.3, 0.4) is 0 Å². The molecular formula is C30H37ClN8O2. The van der Waals surface area contributed by atoms with Crippen molar-refractivity contribution in [1.82, 2.24) is 34.5 Å². The number of aromatic amines is 1. The first kappa shape index (κ1) is 27.5. The van der Waals surface area contributed by atoms with Gasteiger partial charge in [-0.15, -0.1) is 0 Å². The zero-order chi connectivity index (χ0) is 28.7. The molecule has 2 fully saturated rings. The van der Waals surface area contributed by atoms with Crippen LogP contribution in [0.5, 0.6) is 0 Å². The summed E-state index contributed by atoms with van der Waals surface area (Å²) < 4.78 is 7.54. The number of nitrogens with one attached hydrogen (secondary N) is 2. The highest BCUT2D eigenvalue weighted by Gasteiger charge is 2.28. The Morgan fingerprint density at radius 1 is 1.20 bits per heavy atom. The molecule has 1 atom stereocenters. The van der Waals surface area contributed by atoms with Crippen molar-refractivity contribution in [1.29, 1.82) is 0 Å². The Morgan fingerprint density at radius 3 is 2.71 bits per heavy atom. The van der Waals surface area contributed by atoms with E-state index in [0.717, 1.165) is 53.3 Å². The zero-order valence-corrected chi connectivity index (χ0v) is 24.8. The predicted octanol–water partition coefficient (Wildman–Crippen LogP) is 6.24. The van der Waals surface area contributed by atoms with Crippen LogP contribution in [0.15, 0.2) is 42.9 Å². The van der Waals surface area contributed by atoms with E-state index < -0.39 is 5.60 Å². The van der Waals surface area contributed by atoms with Crippen molar-refractivity contribution in [2.24, 2.45) is 5.92 Å². The number of carbonyl (C=O) groups is 1. The molecule has 1 amide bonds. The van der Waals surface area contributed by atoms with Crippen LogP contribution in [-0.4, -0.2) is 72.4 Å². The molecule has 0 radical (unpaired) electrons. The van der Waals surface area contributed by atoms with Gasteiger partial charge in [-0.1, -0.05) is 11.6 Å². The Morgan fingerprint density at radius 2 is 1.98 bits per heavy atom. The summed E-state index contributed by atoms with van der Waals surface area (Å²) in [6.45, 7) is 11.6. The number of amides is 1. The van der Waals surface area contributed by atoms with E-state index in [1.807, 2.05) is 62.1 Å². The Bertz CT molecular complexity index is 1550. The molecule has 1 unspecified atom stereocenters. The first-order valence-corrected chi connectivity index (χ1v) is 14.7. The fourth-order valence-corrected chi connectivity index (χ4v) is 5.48. The lowest BCUT2D eigenvalue weighted by Gasteiger charge is -2.38. The molecule has 41 heavy (non-hydrogen) atoms. The van der Waals surface area contributed by atoms with Gasteiger partial charge in [0.1, 0.15) is 11.4 Å². The largest absolute Gasteiger partial charge is 0.444 e. The monoisotopic (exact) mass is 576 g/mol. The van der Waals surface area contributed by atoms with E-state index in [1.54, 1.807) is 4.90 Å². The number of halogens is 1. The molecule has 11 heteroatoms. The Kier molecular flexibility index (Phi) is 7.37. The summed E-state index contributed by atoms with van der Waals surface area (Å²) in [6.07, 6.45) is 8.06. The average molecular weight is 577 g/mol. The fourth-order valence-electron chi connectivity index (χ4n) is 5.20. The molecule has 10 nitrogen and oxygen atoms in total. The van der Waals surface area contributed by atoms with Crippen LogP contribution in [0.25, 0.3) is 22.2 Å². The van der Waals surface area contributed by atoms with Crippen molar-refractivity contribution in [3.05, 3.63) is 53.4 Å². The number of ether oxygens (including phenoxy) is 1. The van der Waals surface area contributed by atoms with Crippen molar-refractivity contribution in [3.8, 4) is 11.1 Å². The standard InChI is InChI=1S/C30H37ClN8O2/c1-19(37-9-11-38(12-10-37)29(40)41-30(2,3)4)21-7-8-32-27(13-21)36-28-34-25-14-23(24(31)15-26(25)35-28)22-16-33-39(18-22)17-20-5-6-20/h7-8,13-16,18-20H,5-6,9-12,17H2,1-4H3,(H2,32,34,35,36). The van der Waals surface area contributed by atoms with Crippen LogP contribution in [0.1, 0.15) is 52.1 Å². The van der Waals surface area contributed by atoms with Crippen molar-refractivity contribution < 1.29 is 9.53 Å². The van der Waals surface area contributed by atoms with Crippen LogP contribution >= 0.6 is 11.6 Å².